The fraction of sp³-hybridized carbons (Fsp3) is 0.314. The molecule has 4 fully saturated rings. The zero-order valence-electron chi connectivity index (χ0n) is 69.6. The van der Waals surface area contributed by atoms with Gasteiger partial charge in [-0.3, -0.25) is 0 Å². The van der Waals surface area contributed by atoms with Gasteiger partial charge < -0.3 is 90.0 Å². The van der Waals surface area contributed by atoms with Crippen LogP contribution in [0.2, 0.25) is 0 Å². The molecule has 0 spiro atoms. The molecule has 4 aliphatic heterocycles. The Bertz CT molecular complexity index is 5050. The summed E-state index contributed by atoms with van der Waals surface area (Å²) in [6.45, 7) is 3.43. The first kappa shape index (κ1) is 88.6. The third-order valence-corrected chi connectivity index (χ3v) is 22.0. The van der Waals surface area contributed by atoms with Crippen LogP contribution < -0.4 is 0 Å². The summed E-state index contributed by atoms with van der Waals surface area (Å²) in [6.07, 6.45) is -27.8. The molecule has 0 saturated carbocycles. The van der Waals surface area contributed by atoms with Crippen molar-refractivity contribution in [1.82, 2.24) is 0 Å². The van der Waals surface area contributed by atoms with Gasteiger partial charge in [0.2, 0.25) is 0 Å². The number of rotatable bonds is 38. The number of methoxy groups -OCH3 is 1. The van der Waals surface area contributed by atoms with E-state index in [4.69, 9.17) is 90.0 Å². The van der Waals surface area contributed by atoms with Gasteiger partial charge in [-0.2, -0.15) is 0 Å². The molecular weight excluding hydrogens is 1590 g/mol. The van der Waals surface area contributed by atoms with Crippen molar-refractivity contribution in [2.24, 2.45) is 0 Å². The summed E-state index contributed by atoms with van der Waals surface area (Å²) < 4.78 is 135. The number of esters is 4. The molecule has 0 aromatic heterocycles. The third kappa shape index (κ3) is 24.0. The zero-order chi connectivity index (χ0) is 85.9. The van der Waals surface area contributed by atoms with Crippen molar-refractivity contribution in [3.05, 3.63) is 395 Å². The van der Waals surface area contributed by atoms with Gasteiger partial charge in [0, 0.05) is 7.11 Å². The number of benzene rings is 11. The fourth-order valence-electron chi connectivity index (χ4n) is 15.6. The smallest absolute Gasteiger partial charge is 0.338 e. The number of hydrogen-bond donors (Lipinski definition) is 0. The van der Waals surface area contributed by atoms with Crippen molar-refractivity contribution >= 4 is 23.9 Å². The molecule has 0 amide bonds. The highest BCUT2D eigenvalue weighted by Gasteiger charge is 2.60. The maximum atomic E-state index is 15.5. The highest BCUT2D eigenvalue weighted by Crippen LogP contribution is 2.42. The van der Waals surface area contributed by atoms with Crippen LogP contribution in [0, 0.1) is 0 Å². The Morgan fingerprint density at radius 3 is 0.904 bits per heavy atom. The molecule has 0 N–H and O–H groups in total. The standard InChI is InChI=1S/C102H102O23/c1-68-83(109-60-71-39-17-5-18-40-71)87(111-62-73-43-21-7-22-44-73)91(113-64-75-47-25-9-26-48-75)100(117-68)123-84-69(2)116-99(107-3)93(125-101-92(114-65-76-49-27-10-28-50-76)88(112-63-74-45-23-8-24-46-74)85(110-61-72-41-19-6-20-42-72)81(118-101)66-108-59-70-37-15-4-16-38-70)89(84)124-102-94(122-98(106)80-57-35-14-36-58-80)90(121-97(105)79-55-33-13-34-56-79)86(120-96(104)78-53-31-12-32-54-78)82(119-102)67-115-95(103)77-51-29-11-30-52-77/h4-58,68-69,81-94,99-102H,59-67H2,1-3H3/t68-,69-,81+,82+,83+,84-,85-,86-,87+,88-,89+,90-,91-,92+,93+,94+,99+,100-,101+,102-/m0/s1. The minimum atomic E-state index is -2.02. The van der Waals surface area contributed by atoms with Gasteiger partial charge in [0.05, 0.1) is 87.3 Å². The van der Waals surface area contributed by atoms with Crippen LogP contribution in [0.25, 0.3) is 0 Å². The lowest BCUT2D eigenvalue weighted by Crippen LogP contribution is -2.69. The van der Waals surface area contributed by atoms with Crippen molar-refractivity contribution in [1.29, 1.82) is 0 Å². The predicted octanol–water partition coefficient (Wildman–Crippen LogP) is 16.0. The summed E-state index contributed by atoms with van der Waals surface area (Å²) >= 11 is 0. The Labute approximate surface area is 727 Å². The number of carbonyl (C=O) groups excluding carboxylic acids is 4. The Hall–Kier alpha value is -11.3. The van der Waals surface area contributed by atoms with E-state index in [0.29, 0.717) is 0 Å². The molecule has 4 saturated heterocycles. The lowest BCUT2D eigenvalue weighted by atomic mass is 9.94. The molecule has 0 bridgehead atoms. The lowest BCUT2D eigenvalue weighted by Gasteiger charge is -2.52. The third-order valence-electron chi connectivity index (χ3n) is 22.0. The number of carbonyl (C=O) groups is 4. The Morgan fingerprint density at radius 1 is 0.240 bits per heavy atom. The normalized spacial score (nSPS) is 26.0. The van der Waals surface area contributed by atoms with Crippen LogP contribution in [0.15, 0.2) is 334 Å². The van der Waals surface area contributed by atoms with Gasteiger partial charge in [0.1, 0.15) is 73.8 Å². The van der Waals surface area contributed by atoms with E-state index in [-0.39, 0.29) is 75.1 Å². The zero-order valence-corrected chi connectivity index (χ0v) is 69.6. The fourth-order valence-corrected chi connectivity index (χ4v) is 15.6. The molecule has 4 heterocycles. The minimum absolute atomic E-state index is 0.0110. The first-order chi connectivity index (χ1) is 61.4. The molecule has 23 heteroatoms. The SMILES string of the molecule is CO[C@@H]1O[C@@H](C)[C@H](O[C@@H]2O[C@@H](C)[C@@H](OCc3ccccc3)[C@@H](OCc3ccccc3)[C@@H]2OCc2ccccc2)[C@@H](O[C@@H]2O[C@H](COC(=O)c3ccccc3)[C@H](OC(=O)c3ccccc3)[C@H](OC(=O)c3ccccc3)[C@H]2OC(=O)c2ccccc2)[C@H]1O[C@H]1O[C@H](COCc2ccccc2)[C@H](OCc2ccccc2)[C@H](OCc2ccccc2)[C@H]1OCc1ccccc1. The average Bonchev–Trinajstić information content (AvgIpc) is 0.758. The summed E-state index contributed by atoms with van der Waals surface area (Å²) in [5.74, 6) is -3.63. The maximum Gasteiger partial charge on any atom is 0.338 e. The molecule has 11 aromatic carbocycles. The molecule has 23 nitrogen and oxygen atoms in total. The van der Waals surface area contributed by atoms with Gasteiger partial charge >= 0.3 is 23.9 Å². The van der Waals surface area contributed by atoms with E-state index < -0.39 is 153 Å². The molecule has 11 aromatic rings. The lowest BCUT2D eigenvalue weighted by molar-refractivity contribution is -0.409. The molecule has 0 radical (unpaired) electrons. The van der Waals surface area contributed by atoms with E-state index in [2.05, 4.69) is 0 Å². The highest BCUT2D eigenvalue weighted by molar-refractivity contribution is 5.91. The first-order valence-corrected chi connectivity index (χ1v) is 42.1. The van der Waals surface area contributed by atoms with E-state index in [1.165, 1.54) is 43.5 Å². The van der Waals surface area contributed by atoms with E-state index >= 15 is 14.4 Å². The molecule has 0 unspecified atom stereocenters. The van der Waals surface area contributed by atoms with Crippen molar-refractivity contribution in [3.63, 3.8) is 0 Å². The summed E-state index contributed by atoms with van der Waals surface area (Å²) in [7, 11) is 1.43. The second-order valence-electron chi connectivity index (χ2n) is 30.8. The summed E-state index contributed by atoms with van der Waals surface area (Å²) in [4.78, 5) is 60.3. The van der Waals surface area contributed by atoms with E-state index in [9.17, 15) is 4.79 Å². The second kappa shape index (κ2) is 45.0. The number of ether oxygens (including phenoxy) is 19. The monoisotopic (exact) mass is 1690 g/mol. The largest absolute Gasteiger partial charge is 0.459 e. The summed E-state index contributed by atoms with van der Waals surface area (Å²) in [6, 6.07) is 100. The quantitative estimate of drug-likeness (QED) is 0.0258. The molecule has 648 valence electrons. The number of hydrogen-bond acceptors (Lipinski definition) is 23. The van der Waals surface area contributed by atoms with Crippen LogP contribution in [-0.2, 0) is 136 Å². The average molecular weight is 1700 g/mol. The van der Waals surface area contributed by atoms with Crippen LogP contribution in [0.5, 0.6) is 0 Å². The van der Waals surface area contributed by atoms with E-state index in [0.717, 1.165) is 38.9 Å². The van der Waals surface area contributed by atoms with Crippen molar-refractivity contribution < 1.29 is 109 Å². The molecule has 4 aliphatic rings. The maximum absolute atomic E-state index is 15.5. The minimum Gasteiger partial charge on any atom is -0.459 e. The van der Waals surface area contributed by atoms with Crippen molar-refractivity contribution in [3.8, 4) is 0 Å². The topological polar surface area (TPSA) is 244 Å². The molecule has 15 rings (SSSR count). The van der Waals surface area contributed by atoms with Gasteiger partial charge in [0.15, 0.2) is 43.5 Å². The molecule has 125 heavy (non-hydrogen) atoms. The van der Waals surface area contributed by atoms with Gasteiger partial charge in [-0.1, -0.05) is 285 Å². The van der Waals surface area contributed by atoms with Crippen LogP contribution in [0.1, 0.15) is 94.2 Å². The van der Waals surface area contributed by atoms with Gasteiger partial charge in [-0.15, -0.1) is 0 Å². The van der Waals surface area contributed by atoms with Crippen LogP contribution in [-0.4, -0.2) is 167 Å². The summed E-state index contributed by atoms with van der Waals surface area (Å²) in [5.41, 5.74) is 6.27. The first-order valence-electron chi connectivity index (χ1n) is 42.1. The second-order valence-corrected chi connectivity index (χ2v) is 30.8. The van der Waals surface area contributed by atoms with Crippen molar-refractivity contribution in [2.45, 2.75) is 183 Å². The van der Waals surface area contributed by atoms with Gasteiger partial charge in [-0.05, 0) is 101 Å². The molecular formula is C102H102O23. The Balaban J connectivity index is 0.902. The van der Waals surface area contributed by atoms with Crippen LogP contribution in [0.3, 0.4) is 0 Å². The highest BCUT2D eigenvalue weighted by atomic mass is 16.8. The predicted molar refractivity (Wildman–Crippen MR) is 457 cm³/mol. The van der Waals surface area contributed by atoms with Crippen molar-refractivity contribution in [2.75, 3.05) is 20.3 Å². The molecule has 20 atom stereocenters. The van der Waals surface area contributed by atoms with Gasteiger partial charge in [-0.25, -0.2) is 19.2 Å². The Morgan fingerprint density at radius 2 is 0.512 bits per heavy atom. The van der Waals surface area contributed by atoms with E-state index in [1.54, 1.807) is 91.9 Å². The molecule has 0 aliphatic carbocycles. The van der Waals surface area contributed by atoms with Gasteiger partial charge in [0.25, 0.3) is 0 Å². The van der Waals surface area contributed by atoms with E-state index in [1.807, 2.05) is 219 Å². The van der Waals surface area contributed by atoms with Crippen LogP contribution >= 0.6 is 0 Å². The van der Waals surface area contributed by atoms with Crippen LogP contribution in [0.4, 0.5) is 0 Å². The summed E-state index contributed by atoms with van der Waals surface area (Å²) in [5, 5.41) is 0. The Kier molecular flexibility index (Phi) is 31.9.